The topological polar surface area (TPSA) is 134 Å². The Labute approximate surface area is 170 Å². The molecular weight excluding hydrogens is 380 g/mol. The Kier molecular flexibility index (Phi) is 8.86. The van der Waals surface area contributed by atoms with Crippen LogP contribution in [-0.4, -0.2) is 42.6 Å². The summed E-state index contributed by atoms with van der Waals surface area (Å²) < 4.78 is 15.8. The van der Waals surface area contributed by atoms with Crippen molar-refractivity contribution in [1.29, 1.82) is 0 Å². The molecule has 0 aromatic heterocycles. The maximum absolute atomic E-state index is 12.1. The third kappa shape index (κ3) is 11.6. The van der Waals surface area contributed by atoms with Crippen LogP contribution in [0.2, 0.25) is 0 Å². The molecule has 0 fully saturated rings. The molecule has 0 aliphatic heterocycles. The Morgan fingerprint density at radius 2 is 1.38 bits per heavy atom. The van der Waals surface area contributed by atoms with Gasteiger partial charge in [-0.1, -0.05) is 0 Å². The molecule has 0 aliphatic carbocycles. The summed E-state index contributed by atoms with van der Waals surface area (Å²) in [4.78, 5) is 32.8. The Balaban J connectivity index is 2.93. The van der Waals surface area contributed by atoms with Crippen molar-refractivity contribution in [3.05, 3.63) is 24.3 Å². The van der Waals surface area contributed by atoms with Crippen molar-refractivity contribution in [1.82, 2.24) is 10.6 Å². The van der Waals surface area contributed by atoms with Crippen LogP contribution in [0.4, 0.5) is 15.3 Å². The molecule has 0 unspecified atom stereocenters. The number of nitrogens with one attached hydrogen (secondary N) is 2. The molecule has 0 saturated heterocycles. The third-order valence-corrected chi connectivity index (χ3v) is 2.79. The van der Waals surface area contributed by atoms with E-state index in [9.17, 15) is 9.59 Å². The number of carbonyl (C=O) groups is 2. The molecule has 0 saturated carbocycles. The monoisotopic (exact) mass is 410 g/mol. The van der Waals surface area contributed by atoms with Crippen LogP contribution in [0.5, 0.6) is 5.75 Å². The minimum atomic E-state index is -0.769. The summed E-state index contributed by atoms with van der Waals surface area (Å²) >= 11 is 0. The van der Waals surface area contributed by atoms with E-state index in [1.165, 1.54) is 0 Å². The lowest BCUT2D eigenvalue weighted by molar-refractivity contribution is 0.0545. The van der Waals surface area contributed by atoms with Gasteiger partial charge in [-0.3, -0.25) is 10.6 Å². The fourth-order valence-electron chi connectivity index (χ4n) is 1.84. The average molecular weight is 410 g/mol. The van der Waals surface area contributed by atoms with E-state index >= 15 is 0 Å². The van der Waals surface area contributed by atoms with Crippen LogP contribution in [-0.2, 0) is 14.3 Å². The highest BCUT2D eigenvalue weighted by Crippen LogP contribution is 2.18. The maximum atomic E-state index is 12.1. The van der Waals surface area contributed by atoms with Crippen LogP contribution in [0.1, 0.15) is 41.5 Å². The summed E-state index contributed by atoms with van der Waals surface area (Å²) in [5, 5.41) is 4.82. The summed E-state index contributed by atoms with van der Waals surface area (Å²) in [6.07, 6.45) is -1.54. The van der Waals surface area contributed by atoms with Gasteiger partial charge in [0.05, 0.1) is 5.69 Å². The molecule has 2 amide bonds. The van der Waals surface area contributed by atoms with Gasteiger partial charge >= 0.3 is 12.2 Å². The summed E-state index contributed by atoms with van der Waals surface area (Å²) in [6.45, 7) is 10.9. The van der Waals surface area contributed by atoms with E-state index in [4.69, 9.17) is 20.1 Å². The first-order valence-electron chi connectivity index (χ1n) is 9.01. The number of benzene rings is 1. The number of carbonyl (C=O) groups excluding carboxylic acids is 2. The van der Waals surface area contributed by atoms with Gasteiger partial charge in [-0.05, 0) is 65.8 Å². The fourth-order valence-corrected chi connectivity index (χ4v) is 1.84. The maximum Gasteiger partial charge on any atom is 0.414 e. The highest BCUT2D eigenvalue weighted by molar-refractivity contribution is 6.02. The molecule has 0 spiro atoms. The molecule has 0 aliphatic rings. The molecule has 162 valence electrons. The second-order valence-corrected chi connectivity index (χ2v) is 7.93. The first-order chi connectivity index (χ1) is 13.4. The van der Waals surface area contributed by atoms with E-state index in [0.717, 1.165) is 0 Å². The zero-order valence-electron chi connectivity index (χ0n) is 17.7. The third-order valence-electron chi connectivity index (χ3n) is 2.79. The van der Waals surface area contributed by atoms with E-state index in [1.807, 2.05) is 0 Å². The normalized spacial score (nSPS) is 11.3. The van der Waals surface area contributed by atoms with Gasteiger partial charge in [-0.2, -0.15) is 0 Å². The first-order valence-corrected chi connectivity index (χ1v) is 9.01. The van der Waals surface area contributed by atoms with Crippen molar-refractivity contribution in [2.24, 2.45) is 10.9 Å². The molecule has 0 atom stereocenters. The van der Waals surface area contributed by atoms with Crippen LogP contribution in [0.15, 0.2) is 29.3 Å². The van der Waals surface area contributed by atoms with E-state index in [-0.39, 0.29) is 12.6 Å². The summed E-state index contributed by atoms with van der Waals surface area (Å²) in [7, 11) is 0. The zero-order chi connectivity index (χ0) is 22.1. The van der Waals surface area contributed by atoms with Crippen molar-refractivity contribution in [2.75, 3.05) is 13.2 Å². The van der Waals surface area contributed by atoms with Gasteiger partial charge in [0.25, 0.3) is 0 Å². The lowest BCUT2D eigenvalue weighted by Gasteiger charge is -2.22. The van der Waals surface area contributed by atoms with Gasteiger partial charge < -0.3 is 19.0 Å². The number of nitrogens with zero attached hydrogens (tertiary/aromatic N) is 1. The Morgan fingerprint density at radius 3 is 1.79 bits per heavy atom. The number of amides is 2. The van der Waals surface area contributed by atoms with Crippen molar-refractivity contribution in [3.63, 3.8) is 0 Å². The van der Waals surface area contributed by atoms with Crippen LogP contribution in [0, 0.1) is 0 Å². The number of ether oxygens (including phenoxy) is 3. The smallest absolute Gasteiger partial charge is 0.414 e. The number of hydrogen-bond acceptors (Lipinski definition) is 8. The molecule has 10 nitrogen and oxygen atoms in total. The standard InChI is InChI=1S/C19H30N4O6/c1-18(2,3)28-16(24)22-15(23-17(25)29-19(4,5)6)21-13-7-9-14(10-8-13)26-11-12-27-20/h7-10H,11-12,20H2,1-6H3,(H2,21,22,23,24,25). The molecule has 0 radical (unpaired) electrons. The summed E-state index contributed by atoms with van der Waals surface area (Å²) in [5.41, 5.74) is -0.977. The molecular formula is C19H30N4O6. The lowest BCUT2D eigenvalue weighted by atomic mass is 10.2. The number of aliphatic imine (C=N–C) groups is 1. The predicted molar refractivity (Wildman–Crippen MR) is 108 cm³/mol. The van der Waals surface area contributed by atoms with E-state index < -0.39 is 23.4 Å². The Morgan fingerprint density at radius 1 is 0.897 bits per heavy atom. The average Bonchev–Trinajstić information content (AvgIpc) is 2.53. The number of rotatable bonds is 5. The molecule has 4 N–H and O–H groups in total. The Bertz CT molecular complexity index is 673. The second-order valence-electron chi connectivity index (χ2n) is 7.93. The van der Waals surface area contributed by atoms with Crippen molar-refractivity contribution in [3.8, 4) is 5.75 Å². The molecule has 1 aromatic rings. The summed E-state index contributed by atoms with van der Waals surface area (Å²) in [6, 6.07) is 6.64. The van der Waals surface area contributed by atoms with Gasteiger partial charge in [0.15, 0.2) is 0 Å². The highest BCUT2D eigenvalue weighted by atomic mass is 16.6. The largest absolute Gasteiger partial charge is 0.491 e. The van der Waals surface area contributed by atoms with E-state index in [1.54, 1.807) is 65.8 Å². The number of nitrogens with two attached hydrogens (primary N) is 1. The second kappa shape index (κ2) is 10.6. The lowest BCUT2D eigenvalue weighted by Crippen LogP contribution is -2.47. The molecule has 0 bridgehead atoms. The van der Waals surface area contributed by atoms with Gasteiger partial charge in [-0.25, -0.2) is 20.5 Å². The number of alkyl carbamates (subject to hydrolysis) is 2. The minimum absolute atomic E-state index is 0.140. The quantitative estimate of drug-likeness (QED) is 0.294. The van der Waals surface area contributed by atoms with Gasteiger partial charge in [0.2, 0.25) is 5.96 Å². The van der Waals surface area contributed by atoms with E-state index in [0.29, 0.717) is 18.0 Å². The Hall–Kier alpha value is -2.85. The molecule has 1 aromatic carbocycles. The predicted octanol–water partition coefficient (Wildman–Crippen LogP) is 2.99. The molecule has 29 heavy (non-hydrogen) atoms. The van der Waals surface area contributed by atoms with Crippen LogP contribution < -0.4 is 21.3 Å². The zero-order valence-corrected chi connectivity index (χ0v) is 17.7. The van der Waals surface area contributed by atoms with Gasteiger partial charge in [0, 0.05) is 0 Å². The van der Waals surface area contributed by atoms with Crippen molar-refractivity contribution < 1.29 is 28.6 Å². The molecule has 1 rings (SSSR count). The van der Waals surface area contributed by atoms with Crippen molar-refractivity contribution >= 4 is 23.8 Å². The minimum Gasteiger partial charge on any atom is -0.491 e. The molecule has 10 heteroatoms. The molecule has 0 heterocycles. The fraction of sp³-hybridized carbons (Fsp3) is 0.526. The van der Waals surface area contributed by atoms with Gasteiger partial charge in [-0.15, -0.1) is 0 Å². The highest BCUT2D eigenvalue weighted by Gasteiger charge is 2.21. The first kappa shape index (κ1) is 24.2. The summed E-state index contributed by atoms with van der Waals surface area (Å²) in [5.74, 6) is 5.39. The van der Waals surface area contributed by atoms with Crippen molar-refractivity contribution in [2.45, 2.75) is 52.7 Å². The van der Waals surface area contributed by atoms with E-state index in [2.05, 4.69) is 20.5 Å². The number of guanidine groups is 1. The SMILES string of the molecule is CC(C)(C)OC(=O)NC(=Nc1ccc(OCCON)cc1)NC(=O)OC(C)(C)C. The van der Waals surface area contributed by atoms with Crippen LogP contribution in [0.3, 0.4) is 0 Å². The van der Waals surface area contributed by atoms with Crippen LogP contribution >= 0.6 is 0 Å². The van der Waals surface area contributed by atoms with Crippen LogP contribution in [0.25, 0.3) is 0 Å². The van der Waals surface area contributed by atoms with Gasteiger partial charge in [0.1, 0.15) is 30.2 Å². The number of hydrogen-bond donors (Lipinski definition) is 3.